The van der Waals surface area contributed by atoms with Crippen LogP contribution in [0, 0.1) is 0 Å². The van der Waals surface area contributed by atoms with Crippen LogP contribution in [0.15, 0.2) is 41.7 Å². The van der Waals surface area contributed by atoms with E-state index in [1.165, 1.54) is 5.56 Å². The van der Waals surface area contributed by atoms with Gasteiger partial charge in [-0.15, -0.1) is 10.2 Å². The average Bonchev–Trinajstić information content (AvgIpc) is 3.16. The topological polar surface area (TPSA) is 70.4 Å². The number of nitrogens with zero attached hydrogens (tertiary/aromatic N) is 5. The summed E-state index contributed by atoms with van der Waals surface area (Å²) in [6.45, 7) is 15.1. The van der Waals surface area contributed by atoms with Crippen LogP contribution in [-0.4, -0.2) is 57.3 Å². The highest BCUT2D eigenvalue weighted by Gasteiger charge is 2.12. The van der Waals surface area contributed by atoms with E-state index in [0.29, 0.717) is 18.6 Å². The average molecular weight is 400 g/mol. The summed E-state index contributed by atoms with van der Waals surface area (Å²) < 4.78 is 2.08. The molecule has 0 atom stereocenters. The minimum absolute atomic E-state index is 0.524. The Labute approximate surface area is 175 Å². The van der Waals surface area contributed by atoms with Crippen LogP contribution < -0.4 is 10.6 Å². The molecule has 0 bridgehead atoms. The molecule has 160 valence electrons. The fourth-order valence-corrected chi connectivity index (χ4v) is 3.38. The van der Waals surface area contributed by atoms with E-state index >= 15 is 0 Å². The first kappa shape index (κ1) is 22.9. The lowest BCUT2D eigenvalue weighted by atomic mass is 10.2. The monoisotopic (exact) mass is 399 g/mol. The molecule has 0 unspecified atom stereocenters. The molecule has 0 aliphatic rings. The standard InChI is InChI=1S/C22H37N7/c1-6-21-27-26-17-28(21)14-12-23-22(25-16-20-10-8-7-9-11-20)24-13-15-29(18(2)3)19(4)5/h7-11,17-19H,6,12-16H2,1-5H3,(H2,23,24,25). The van der Waals surface area contributed by atoms with Gasteiger partial charge in [0.25, 0.3) is 0 Å². The van der Waals surface area contributed by atoms with Crippen LogP contribution in [0.3, 0.4) is 0 Å². The van der Waals surface area contributed by atoms with Crippen LogP contribution >= 0.6 is 0 Å². The van der Waals surface area contributed by atoms with Gasteiger partial charge in [0, 0.05) is 44.7 Å². The minimum Gasteiger partial charge on any atom is -0.355 e. The fraction of sp³-hybridized carbons (Fsp3) is 0.591. The molecule has 0 saturated carbocycles. The molecular weight excluding hydrogens is 362 g/mol. The number of rotatable bonds is 11. The lowest BCUT2D eigenvalue weighted by Crippen LogP contribution is -2.45. The number of aromatic nitrogens is 3. The van der Waals surface area contributed by atoms with Crippen molar-refractivity contribution in [1.29, 1.82) is 0 Å². The maximum Gasteiger partial charge on any atom is 0.191 e. The van der Waals surface area contributed by atoms with Crippen LogP contribution in [0.4, 0.5) is 0 Å². The maximum atomic E-state index is 4.78. The predicted molar refractivity (Wildman–Crippen MR) is 120 cm³/mol. The van der Waals surface area contributed by atoms with Crippen molar-refractivity contribution >= 4 is 5.96 Å². The Hall–Kier alpha value is -2.41. The molecule has 29 heavy (non-hydrogen) atoms. The van der Waals surface area contributed by atoms with Gasteiger partial charge >= 0.3 is 0 Å². The van der Waals surface area contributed by atoms with Crippen LogP contribution in [0.25, 0.3) is 0 Å². The Kier molecular flexibility index (Phi) is 9.64. The van der Waals surface area contributed by atoms with Crippen molar-refractivity contribution in [2.45, 2.75) is 66.2 Å². The lowest BCUT2D eigenvalue weighted by molar-refractivity contribution is 0.178. The maximum absolute atomic E-state index is 4.78. The van der Waals surface area contributed by atoms with Crippen molar-refractivity contribution in [3.63, 3.8) is 0 Å². The van der Waals surface area contributed by atoms with Crippen molar-refractivity contribution in [2.24, 2.45) is 4.99 Å². The SMILES string of the molecule is CCc1nncn1CCNC(=NCc1ccccc1)NCCN(C(C)C)C(C)C. The van der Waals surface area contributed by atoms with Gasteiger partial charge in [0.1, 0.15) is 12.2 Å². The Balaban J connectivity index is 1.93. The summed E-state index contributed by atoms with van der Waals surface area (Å²) in [5.41, 5.74) is 1.20. The van der Waals surface area contributed by atoms with E-state index in [0.717, 1.165) is 44.4 Å². The molecule has 2 aromatic rings. The second kappa shape index (κ2) is 12.2. The first-order valence-electron chi connectivity index (χ1n) is 10.7. The second-order valence-corrected chi connectivity index (χ2v) is 7.72. The summed E-state index contributed by atoms with van der Waals surface area (Å²) in [4.78, 5) is 7.26. The number of benzene rings is 1. The number of aliphatic imine (C=N–C) groups is 1. The molecule has 1 aromatic carbocycles. The first-order chi connectivity index (χ1) is 14.0. The van der Waals surface area contributed by atoms with Gasteiger partial charge in [-0.25, -0.2) is 4.99 Å². The third-order valence-corrected chi connectivity index (χ3v) is 4.91. The van der Waals surface area contributed by atoms with Gasteiger partial charge in [-0.2, -0.15) is 0 Å². The normalized spacial score (nSPS) is 12.2. The van der Waals surface area contributed by atoms with Gasteiger partial charge < -0.3 is 15.2 Å². The van der Waals surface area contributed by atoms with Gasteiger partial charge in [0.05, 0.1) is 6.54 Å². The predicted octanol–water partition coefficient (Wildman–Crippen LogP) is 2.69. The number of guanidine groups is 1. The molecule has 1 aromatic heterocycles. The molecule has 7 heteroatoms. The zero-order chi connectivity index (χ0) is 21.1. The minimum atomic E-state index is 0.524. The van der Waals surface area contributed by atoms with E-state index in [2.05, 4.69) is 77.0 Å². The highest BCUT2D eigenvalue weighted by molar-refractivity contribution is 5.79. The number of hydrogen-bond acceptors (Lipinski definition) is 4. The zero-order valence-corrected chi connectivity index (χ0v) is 18.6. The van der Waals surface area contributed by atoms with E-state index in [-0.39, 0.29) is 0 Å². The largest absolute Gasteiger partial charge is 0.355 e. The van der Waals surface area contributed by atoms with Crippen LogP contribution in [-0.2, 0) is 19.5 Å². The van der Waals surface area contributed by atoms with Gasteiger partial charge in [-0.1, -0.05) is 37.3 Å². The van der Waals surface area contributed by atoms with Crippen molar-refractivity contribution in [3.8, 4) is 0 Å². The molecule has 0 spiro atoms. The number of aryl methyl sites for hydroxylation is 1. The smallest absolute Gasteiger partial charge is 0.191 e. The lowest BCUT2D eigenvalue weighted by Gasteiger charge is -2.30. The second-order valence-electron chi connectivity index (χ2n) is 7.72. The molecule has 7 nitrogen and oxygen atoms in total. The van der Waals surface area contributed by atoms with E-state index in [4.69, 9.17) is 4.99 Å². The Morgan fingerprint density at radius 2 is 1.76 bits per heavy atom. The van der Waals surface area contributed by atoms with E-state index in [1.54, 1.807) is 6.33 Å². The molecule has 2 N–H and O–H groups in total. The molecule has 1 heterocycles. The summed E-state index contributed by atoms with van der Waals surface area (Å²) >= 11 is 0. The fourth-order valence-electron chi connectivity index (χ4n) is 3.38. The molecule has 0 aliphatic heterocycles. The van der Waals surface area contributed by atoms with Crippen LogP contribution in [0.2, 0.25) is 0 Å². The van der Waals surface area contributed by atoms with E-state index in [1.807, 2.05) is 18.2 Å². The molecule has 0 aliphatic carbocycles. The third kappa shape index (κ3) is 7.85. The van der Waals surface area contributed by atoms with Gasteiger partial charge in [-0.05, 0) is 33.3 Å². The van der Waals surface area contributed by atoms with Crippen molar-refractivity contribution in [1.82, 2.24) is 30.3 Å². The van der Waals surface area contributed by atoms with Crippen LogP contribution in [0.1, 0.15) is 46.0 Å². The molecule has 0 saturated heterocycles. The van der Waals surface area contributed by atoms with Crippen molar-refractivity contribution < 1.29 is 0 Å². The summed E-state index contributed by atoms with van der Waals surface area (Å²) in [5.74, 6) is 1.85. The number of hydrogen-bond donors (Lipinski definition) is 2. The highest BCUT2D eigenvalue weighted by atomic mass is 15.3. The summed E-state index contributed by atoms with van der Waals surface area (Å²) in [5, 5.41) is 15.1. The van der Waals surface area contributed by atoms with Gasteiger partial charge in [-0.3, -0.25) is 4.90 Å². The molecule has 0 fully saturated rings. The summed E-state index contributed by atoms with van der Waals surface area (Å²) in [7, 11) is 0. The quantitative estimate of drug-likeness (QED) is 0.449. The van der Waals surface area contributed by atoms with E-state index in [9.17, 15) is 0 Å². The van der Waals surface area contributed by atoms with Crippen molar-refractivity contribution in [2.75, 3.05) is 19.6 Å². The molecule has 0 radical (unpaired) electrons. The Morgan fingerprint density at radius 3 is 2.41 bits per heavy atom. The van der Waals surface area contributed by atoms with Crippen molar-refractivity contribution in [3.05, 3.63) is 48.0 Å². The van der Waals surface area contributed by atoms with Crippen LogP contribution in [0.5, 0.6) is 0 Å². The van der Waals surface area contributed by atoms with E-state index < -0.39 is 0 Å². The number of nitrogens with one attached hydrogen (secondary N) is 2. The van der Waals surface area contributed by atoms with Gasteiger partial charge in [0.15, 0.2) is 5.96 Å². The Bertz CT molecular complexity index is 714. The molecule has 2 rings (SSSR count). The molecular formula is C22H37N7. The summed E-state index contributed by atoms with van der Waals surface area (Å²) in [6.07, 6.45) is 2.67. The highest BCUT2D eigenvalue weighted by Crippen LogP contribution is 2.03. The third-order valence-electron chi connectivity index (χ3n) is 4.91. The first-order valence-corrected chi connectivity index (χ1v) is 10.7. The summed E-state index contributed by atoms with van der Waals surface area (Å²) in [6, 6.07) is 11.4. The molecule has 0 amide bonds. The zero-order valence-electron chi connectivity index (χ0n) is 18.6. The van der Waals surface area contributed by atoms with Gasteiger partial charge in [0.2, 0.25) is 0 Å². The Morgan fingerprint density at radius 1 is 1.07 bits per heavy atom.